The maximum Gasteiger partial charge on any atom is 0.150 e. The number of hydrogen-bond donors (Lipinski definition) is 2. The van der Waals surface area contributed by atoms with E-state index < -0.39 is 9.84 Å². The molecule has 1 saturated heterocycles. The Kier molecular flexibility index (Phi) is 4.10. The zero-order valence-corrected chi connectivity index (χ0v) is 12.5. The summed E-state index contributed by atoms with van der Waals surface area (Å²) in [5.74, 6) is 0.498. The minimum Gasteiger partial charge on any atom is -0.389 e. The third-order valence-electron chi connectivity index (χ3n) is 3.35. The average Bonchev–Trinajstić information content (AvgIpc) is 2.33. The van der Waals surface area contributed by atoms with E-state index in [9.17, 15) is 8.42 Å². The van der Waals surface area contributed by atoms with Crippen molar-refractivity contribution in [2.45, 2.75) is 25.8 Å². The third kappa shape index (κ3) is 3.67. The molecule has 0 aliphatic carbocycles. The summed E-state index contributed by atoms with van der Waals surface area (Å²) in [6.07, 6.45) is 1.26. The zero-order valence-electron chi connectivity index (χ0n) is 10.8. The first-order valence-electron chi connectivity index (χ1n) is 6.25. The van der Waals surface area contributed by atoms with Gasteiger partial charge in [-0.1, -0.05) is 23.8 Å². The van der Waals surface area contributed by atoms with Gasteiger partial charge in [0.2, 0.25) is 0 Å². The van der Waals surface area contributed by atoms with E-state index in [1.165, 1.54) is 0 Å². The lowest BCUT2D eigenvalue weighted by atomic mass is 10.1. The van der Waals surface area contributed by atoms with E-state index in [-0.39, 0.29) is 17.5 Å². The van der Waals surface area contributed by atoms with Gasteiger partial charge < -0.3 is 11.1 Å². The molecule has 0 aromatic heterocycles. The molecule has 1 aliphatic heterocycles. The van der Waals surface area contributed by atoms with Crippen LogP contribution in [0.4, 0.5) is 5.69 Å². The lowest BCUT2D eigenvalue weighted by molar-refractivity contribution is 0.559. The van der Waals surface area contributed by atoms with Crippen molar-refractivity contribution >= 4 is 32.7 Å². The monoisotopic (exact) mass is 298 g/mol. The van der Waals surface area contributed by atoms with Crippen molar-refractivity contribution in [1.29, 1.82) is 0 Å². The van der Waals surface area contributed by atoms with Gasteiger partial charge in [0, 0.05) is 17.3 Å². The van der Waals surface area contributed by atoms with Crippen LogP contribution in [0.15, 0.2) is 18.2 Å². The van der Waals surface area contributed by atoms with Gasteiger partial charge in [0.25, 0.3) is 0 Å². The Morgan fingerprint density at radius 3 is 2.58 bits per heavy atom. The van der Waals surface area contributed by atoms with Crippen LogP contribution in [-0.4, -0.2) is 31.0 Å². The Morgan fingerprint density at radius 1 is 1.37 bits per heavy atom. The first-order chi connectivity index (χ1) is 8.87. The van der Waals surface area contributed by atoms with Gasteiger partial charge in [0.1, 0.15) is 14.8 Å². The minimum absolute atomic E-state index is 0.166. The van der Waals surface area contributed by atoms with Gasteiger partial charge in [-0.25, -0.2) is 8.42 Å². The molecule has 19 heavy (non-hydrogen) atoms. The van der Waals surface area contributed by atoms with Crippen molar-refractivity contribution < 1.29 is 8.42 Å². The number of rotatable bonds is 3. The molecule has 0 spiro atoms. The number of benzene rings is 1. The predicted octanol–water partition coefficient (Wildman–Crippen LogP) is 1.62. The number of anilines is 1. The molecule has 0 bridgehead atoms. The number of thiocarbonyl (C=S) groups is 1. The number of nitrogens with one attached hydrogen (secondary N) is 1. The molecule has 1 fully saturated rings. The standard InChI is InChI=1S/C13H18N2O2S2/c1-9-2-3-12(11(8-9)13(14)18)15-10-4-6-19(16,17)7-5-10/h2-3,8,10,15H,4-7H2,1H3,(H2,14,18). The van der Waals surface area contributed by atoms with Crippen LogP contribution >= 0.6 is 12.2 Å². The number of sulfone groups is 1. The van der Waals surface area contributed by atoms with E-state index in [1.54, 1.807) is 0 Å². The average molecular weight is 298 g/mol. The molecular weight excluding hydrogens is 280 g/mol. The molecule has 4 nitrogen and oxygen atoms in total. The zero-order chi connectivity index (χ0) is 14.0. The molecule has 0 amide bonds. The summed E-state index contributed by atoms with van der Waals surface area (Å²) in [4.78, 5) is 0.356. The molecule has 0 saturated carbocycles. The fourth-order valence-corrected chi connectivity index (χ4v) is 3.90. The Bertz CT molecular complexity index is 583. The quantitative estimate of drug-likeness (QED) is 0.830. The molecule has 2 rings (SSSR count). The van der Waals surface area contributed by atoms with E-state index >= 15 is 0 Å². The van der Waals surface area contributed by atoms with Crippen LogP contribution in [0.1, 0.15) is 24.0 Å². The Balaban J connectivity index is 2.14. The summed E-state index contributed by atoms with van der Waals surface area (Å²) in [7, 11) is -2.83. The van der Waals surface area contributed by atoms with E-state index in [1.807, 2.05) is 25.1 Å². The summed E-state index contributed by atoms with van der Waals surface area (Å²) in [6, 6.07) is 6.06. The van der Waals surface area contributed by atoms with E-state index in [2.05, 4.69) is 5.32 Å². The van der Waals surface area contributed by atoms with Crippen molar-refractivity contribution in [3.05, 3.63) is 29.3 Å². The number of nitrogens with two attached hydrogens (primary N) is 1. The summed E-state index contributed by atoms with van der Waals surface area (Å²) in [5, 5.41) is 3.36. The van der Waals surface area contributed by atoms with E-state index in [4.69, 9.17) is 18.0 Å². The maximum absolute atomic E-state index is 11.4. The van der Waals surface area contributed by atoms with E-state index in [0.717, 1.165) is 16.8 Å². The van der Waals surface area contributed by atoms with Crippen molar-refractivity contribution in [2.75, 3.05) is 16.8 Å². The van der Waals surface area contributed by atoms with Gasteiger partial charge >= 0.3 is 0 Å². The van der Waals surface area contributed by atoms with Crippen LogP contribution in [0.2, 0.25) is 0 Å². The highest BCUT2D eigenvalue weighted by Gasteiger charge is 2.24. The highest BCUT2D eigenvalue weighted by atomic mass is 32.2. The van der Waals surface area contributed by atoms with Gasteiger partial charge in [-0.3, -0.25) is 0 Å². The van der Waals surface area contributed by atoms with Crippen molar-refractivity contribution in [3.63, 3.8) is 0 Å². The topological polar surface area (TPSA) is 72.2 Å². The molecule has 0 unspecified atom stereocenters. The molecule has 1 heterocycles. The lowest BCUT2D eigenvalue weighted by Gasteiger charge is -2.25. The second kappa shape index (κ2) is 5.46. The van der Waals surface area contributed by atoms with Crippen LogP contribution in [0.25, 0.3) is 0 Å². The SMILES string of the molecule is Cc1ccc(NC2CCS(=O)(=O)CC2)c(C(N)=S)c1. The molecule has 1 aromatic rings. The molecule has 104 valence electrons. The molecule has 0 atom stereocenters. The van der Waals surface area contributed by atoms with Gasteiger partial charge in [0.05, 0.1) is 11.5 Å². The third-order valence-corrected chi connectivity index (χ3v) is 5.29. The predicted molar refractivity (Wildman–Crippen MR) is 82.4 cm³/mol. The second-order valence-corrected chi connectivity index (χ2v) is 7.73. The first kappa shape index (κ1) is 14.3. The van der Waals surface area contributed by atoms with Gasteiger partial charge in [-0.2, -0.15) is 0 Å². The summed E-state index contributed by atoms with van der Waals surface area (Å²) < 4.78 is 22.8. The smallest absolute Gasteiger partial charge is 0.150 e. The first-order valence-corrected chi connectivity index (χ1v) is 8.48. The molecule has 0 radical (unpaired) electrons. The van der Waals surface area contributed by atoms with Crippen LogP contribution in [-0.2, 0) is 9.84 Å². The van der Waals surface area contributed by atoms with Crippen molar-refractivity contribution in [1.82, 2.24) is 0 Å². The highest BCUT2D eigenvalue weighted by Crippen LogP contribution is 2.22. The minimum atomic E-state index is -2.83. The number of hydrogen-bond acceptors (Lipinski definition) is 4. The van der Waals surface area contributed by atoms with Gasteiger partial charge in [0.15, 0.2) is 0 Å². The van der Waals surface area contributed by atoms with Crippen molar-refractivity contribution in [2.24, 2.45) is 5.73 Å². The van der Waals surface area contributed by atoms with Gasteiger partial charge in [-0.05, 0) is 31.9 Å². The second-order valence-electron chi connectivity index (χ2n) is 4.98. The fraction of sp³-hybridized carbons (Fsp3) is 0.462. The normalized spacial score (nSPS) is 19.0. The molecule has 3 N–H and O–H groups in total. The molecule has 1 aromatic carbocycles. The van der Waals surface area contributed by atoms with Crippen LogP contribution < -0.4 is 11.1 Å². The summed E-state index contributed by atoms with van der Waals surface area (Å²) >= 11 is 5.06. The fourth-order valence-electron chi connectivity index (χ4n) is 2.24. The maximum atomic E-state index is 11.4. The van der Waals surface area contributed by atoms with Gasteiger partial charge in [-0.15, -0.1) is 0 Å². The highest BCUT2D eigenvalue weighted by molar-refractivity contribution is 7.91. The Morgan fingerprint density at radius 2 is 2.00 bits per heavy atom. The largest absolute Gasteiger partial charge is 0.389 e. The van der Waals surface area contributed by atoms with Crippen LogP contribution in [0.3, 0.4) is 0 Å². The Hall–Kier alpha value is -1.14. The van der Waals surface area contributed by atoms with Crippen molar-refractivity contribution in [3.8, 4) is 0 Å². The van der Waals surface area contributed by atoms with Crippen LogP contribution in [0.5, 0.6) is 0 Å². The molecular formula is C13H18N2O2S2. The van der Waals surface area contributed by atoms with Crippen LogP contribution in [0, 0.1) is 6.92 Å². The summed E-state index contributed by atoms with van der Waals surface area (Å²) in [6.45, 7) is 1.98. The van der Waals surface area contributed by atoms with E-state index in [0.29, 0.717) is 17.8 Å². The summed E-state index contributed by atoms with van der Waals surface area (Å²) in [5.41, 5.74) is 8.54. The lowest BCUT2D eigenvalue weighted by Crippen LogP contribution is -2.32. The Labute approximate surface area is 119 Å². The molecule has 1 aliphatic rings. The number of aryl methyl sites for hydroxylation is 1. The molecule has 6 heteroatoms.